The third kappa shape index (κ3) is 3.29. The van der Waals surface area contributed by atoms with E-state index in [-0.39, 0.29) is 23.6 Å². The summed E-state index contributed by atoms with van der Waals surface area (Å²) in [5, 5.41) is 12.4. The molecule has 1 aromatic heterocycles. The number of halogens is 2. The molecular formula is C19H19Cl2NO. The van der Waals surface area contributed by atoms with Crippen LogP contribution >= 0.6 is 24.0 Å². The van der Waals surface area contributed by atoms with Crippen LogP contribution in [0.3, 0.4) is 0 Å². The minimum Gasteiger partial charge on any atom is -0.505 e. The van der Waals surface area contributed by atoms with E-state index in [2.05, 4.69) is 4.98 Å². The van der Waals surface area contributed by atoms with Crippen LogP contribution in [-0.2, 0) is 5.41 Å². The first-order chi connectivity index (χ1) is 10.4. The van der Waals surface area contributed by atoms with Crippen molar-refractivity contribution in [2.75, 3.05) is 0 Å². The first-order valence-electron chi connectivity index (χ1n) is 7.26. The van der Waals surface area contributed by atoms with Gasteiger partial charge in [-0.15, -0.1) is 12.4 Å². The molecule has 0 aliphatic carbocycles. The molecule has 2 aromatic carbocycles. The summed E-state index contributed by atoms with van der Waals surface area (Å²) >= 11 is 6.15. The summed E-state index contributed by atoms with van der Waals surface area (Å²) < 4.78 is 0. The van der Waals surface area contributed by atoms with E-state index in [0.29, 0.717) is 10.7 Å². The van der Waals surface area contributed by atoms with E-state index in [1.807, 2.05) is 69.3 Å². The summed E-state index contributed by atoms with van der Waals surface area (Å²) in [6.45, 7) is 6.14. The molecular weight excluding hydrogens is 329 g/mol. The zero-order valence-electron chi connectivity index (χ0n) is 13.3. The van der Waals surface area contributed by atoms with E-state index in [4.69, 9.17) is 11.6 Å². The predicted molar refractivity (Wildman–Crippen MR) is 99.8 cm³/mol. The molecule has 2 nitrogen and oxygen atoms in total. The summed E-state index contributed by atoms with van der Waals surface area (Å²) in [5.41, 5.74) is 3.03. The van der Waals surface area contributed by atoms with Crippen LogP contribution in [0.2, 0.25) is 5.02 Å². The van der Waals surface area contributed by atoms with Crippen molar-refractivity contribution in [1.82, 2.24) is 4.98 Å². The highest BCUT2D eigenvalue weighted by atomic mass is 35.5. The van der Waals surface area contributed by atoms with Crippen molar-refractivity contribution in [2.45, 2.75) is 26.2 Å². The molecule has 0 spiro atoms. The Morgan fingerprint density at radius 3 is 2.26 bits per heavy atom. The van der Waals surface area contributed by atoms with Gasteiger partial charge in [0, 0.05) is 21.4 Å². The summed E-state index contributed by atoms with van der Waals surface area (Å²) in [5.74, 6) is 0.230. The van der Waals surface area contributed by atoms with Crippen LogP contribution in [0.1, 0.15) is 26.5 Å². The molecule has 0 unspecified atom stereocenters. The van der Waals surface area contributed by atoms with E-state index in [0.717, 1.165) is 22.0 Å². The lowest BCUT2D eigenvalue weighted by molar-refractivity contribution is 0.441. The van der Waals surface area contributed by atoms with Crippen molar-refractivity contribution in [1.29, 1.82) is 0 Å². The summed E-state index contributed by atoms with van der Waals surface area (Å²) in [6, 6.07) is 15.4. The number of nitrogens with zero attached hydrogens (tertiary/aromatic N) is 1. The number of hydrogen-bond acceptors (Lipinski definition) is 2. The molecule has 0 radical (unpaired) electrons. The van der Waals surface area contributed by atoms with Crippen LogP contribution < -0.4 is 0 Å². The Bertz CT molecular complexity index is 839. The molecule has 0 atom stereocenters. The Balaban J connectivity index is 0.00000192. The molecule has 3 rings (SSSR count). The molecule has 0 amide bonds. The van der Waals surface area contributed by atoms with Gasteiger partial charge in [0.15, 0.2) is 0 Å². The number of rotatable bonds is 1. The van der Waals surface area contributed by atoms with Gasteiger partial charge in [-0.1, -0.05) is 62.7 Å². The maximum atomic E-state index is 10.9. The lowest BCUT2D eigenvalue weighted by Crippen LogP contribution is -2.14. The maximum Gasteiger partial charge on any atom is 0.146 e. The molecule has 1 heterocycles. The Kier molecular flexibility index (Phi) is 4.88. The fraction of sp³-hybridized carbons (Fsp3) is 0.211. The van der Waals surface area contributed by atoms with Gasteiger partial charge in [0.1, 0.15) is 5.75 Å². The van der Waals surface area contributed by atoms with Crippen molar-refractivity contribution in [3.8, 4) is 16.9 Å². The number of aromatic hydroxyl groups is 1. The van der Waals surface area contributed by atoms with Gasteiger partial charge in [-0.2, -0.15) is 0 Å². The highest BCUT2D eigenvalue weighted by Crippen LogP contribution is 2.42. The molecule has 0 fully saturated rings. The molecule has 4 heteroatoms. The molecule has 120 valence electrons. The highest BCUT2D eigenvalue weighted by Gasteiger charge is 2.24. The molecule has 0 saturated heterocycles. The zero-order chi connectivity index (χ0) is 15.9. The maximum absolute atomic E-state index is 10.9. The lowest BCUT2D eigenvalue weighted by atomic mass is 9.87. The topological polar surface area (TPSA) is 33.1 Å². The molecule has 0 aliphatic heterocycles. The standard InChI is InChI=1S/C19H18ClNO.ClH/c1-19(2,3)18-17(22)16(12-7-5-4-6-8-12)14-11-13(20)9-10-15(14)21-18;/h4-11,22H,1-3H3;1H. The second kappa shape index (κ2) is 6.38. The van der Waals surface area contributed by atoms with Gasteiger partial charge in [0.2, 0.25) is 0 Å². The largest absolute Gasteiger partial charge is 0.505 e. The van der Waals surface area contributed by atoms with Crippen LogP contribution in [0.25, 0.3) is 22.0 Å². The quantitative estimate of drug-likeness (QED) is 0.587. The van der Waals surface area contributed by atoms with Crippen LogP contribution in [0, 0.1) is 0 Å². The van der Waals surface area contributed by atoms with Crippen LogP contribution in [0.15, 0.2) is 48.5 Å². The summed E-state index contributed by atoms with van der Waals surface area (Å²) in [4.78, 5) is 4.66. The summed E-state index contributed by atoms with van der Waals surface area (Å²) in [6.07, 6.45) is 0. The van der Waals surface area contributed by atoms with Gasteiger partial charge in [-0.25, -0.2) is 4.98 Å². The number of pyridine rings is 1. The van der Waals surface area contributed by atoms with E-state index in [9.17, 15) is 5.11 Å². The van der Waals surface area contributed by atoms with Crippen molar-refractivity contribution >= 4 is 34.9 Å². The smallest absolute Gasteiger partial charge is 0.146 e. The molecule has 0 saturated carbocycles. The molecule has 1 N–H and O–H groups in total. The van der Waals surface area contributed by atoms with Gasteiger partial charge in [-0.05, 0) is 23.8 Å². The average Bonchev–Trinajstić information content (AvgIpc) is 2.46. The Labute approximate surface area is 147 Å². The molecule has 23 heavy (non-hydrogen) atoms. The van der Waals surface area contributed by atoms with Gasteiger partial charge in [0.05, 0.1) is 11.2 Å². The second-order valence-corrected chi connectivity index (χ2v) is 6.90. The van der Waals surface area contributed by atoms with Crippen LogP contribution in [-0.4, -0.2) is 10.1 Å². The molecule has 0 aliphatic rings. The molecule has 0 bridgehead atoms. The van der Waals surface area contributed by atoms with E-state index >= 15 is 0 Å². The van der Waals surface area contributed by atoms with Crippen molar-refractivity contribution < 1.29 is 5.11 Å². The number of benzene rings is 2. The fourth-order valence-corrected chi connectivity index (χ4v) is 2.82. The lowest BCUT2D eigenvalue weighted by Gasteiger charge is -2.22. The number of hydrogen-bond donors (Lipinski definition) is 1. The normalized spacial score (nSPS) is 11.3. The van der Waals surface area contributed by atoms with Gasteiger partial charge in [-0.3, -0.25) is 0 Å². The van der Waals surface area contributed by atoms with E-state index < -0.39 is 0 Å². The third-order valence-corrected chi connectivity index (χ3v) is 3.93. The van der Waals surface area contributed by atoms with Gasteiger partial charge < -0.3 is 5.11 Å². The summed E-state index contributed by atoms with van der Waals surface area (Å²) in [7, 11) is 0. The first kappa shape index (κ1) is 17.6. The zero-order valence-corrected chi connectivity index (χ0v) is 14.9. The number of fused-ring (bicyclic) bond motifs is 1. The highest BCUT2D eigenvalue weighted by molar-refractivity contribution is 6.31. The molecule has 3 aromatic rings. The van der Waals surface area contributed by atoms with Crippen molar-refractivity contribution in [3.05, 3.63) is 59.2 Å². The fourth-order valence-electron chi connectivity index (χ4n) is 2.65. The van der Waals surface area contributed by atoms with Crippen molar-refractivity contribution in [3.63, 3.8) is 0 Å². The SMILES string of the molecule is CC(C)(C)c1nc2ccc(Cl)cc2c(-c2ccccc2)c1O.Cl. The Hall–Kier alpha value is -1.77. The predicted octanol–water partition coefficient (Wildman–Crippen LogP) is 5.98. The van der Waals surface area contributed by atoms with E-state index in [1.54, 1.807) is 0 Å². The van der Waals surface area contributed by atoms with Gasteiger partial charge in [0.25, 0.3) is 0 Å². The Morgan fingerprint density at radius 2 is 1.65 bits per heavy atom. The van der Waals surface area contributed by atoms with Crippen molar-refractivity contribution in [2.24, 2.45) is 0 Å². The van der Waals surface area contributed by atoms with Crippen LogP contribution in [0.4, 0.5) is 0 Å². The Morgan fingerprint density at radius 1 is 1.00 bits per heavy atom. The van der Waals surface area contributed by atoms with Gasteiger partial charge >= 0.3 is 0 Å². The van der Waals surface area contributed by atoms with E-state index in [1.165, 1.54) is 0 Å². The monoisotopic (exact) mass is 347 g/mol. The minimum atomic E-state index is -0.249. The minimum absolute atomic E-state index is 0. The first-order valence-corrected chi connectivity index (χ1v) is 7.64. The second-order valence-electron chi connectivity index (χ2n) is 6.46. The average molecular weight is 348 g/mol. The van der Waals surface area contributed by atoms with Crippen LogP contribution in [0.5, 0.6) is 5.75 Å². The third-order valence-electron chi connectivity index (χ3n) is 3.69. The number of aromatic nitrogens is 1.